The molecule has 4 rings (SSSR count). The van der Waals surface area contributed by atoms with E-state index in [1.54, 1.807) is 6.20 Å². The number of hydrogen-bond donors (Lipinski definition) is 3. The van der Waals surface area contributed by atoms with Crippen LogP contribution < -0.4 is 5.73 Å². The number of aryl methyl sites for hydroxylation is 1. The van der Waals surface area contributed by atoms with E-state index in [1.165, 1.54) is 12.1 Å². The first-order chi connectivity index (χ1) is 12.8. The molecule has 1 aromatic heterocycles. The second kappa shape index (κ2) is 6.33. The Hall–Kier alpha value is -1.89. The van der Waals surface area contributed by atoms with Crippen LogP contribution in [0.25, 0.3) is 10.9 Å². The number of likely N-dealkylation sites (N-methyl/N-ethyl adjacent to an activating group) is 1. The molecule has 1 aromatic carbocycles. The summed E-state index contributed by atoms with van der Waals surface area (Å²) < 4.78 is 14.5. The van der Waals surface area contributed by atoms with Gasteiger partial charge < -0.3 is 20.8 Å². The molecule has 2 saturated carbocycles. The molecule has 0 amide bonds. The number of benzene rings is 1. The lowest BCUT2D eigenvalue weighted by molar-refractivity contribution is -0.0258. The summed E-state index contributed by atoms with van der Waals surface area (Å²) in [7, 11) is 1.86. The highest BCUT2D eigenvalue weighted by Gasteiger charge is 2.70. The van der Waals surface area contributed by atoms with Gasteiger partial charge in [-0.3, -0.25) is 0 Å². The highest BCUT2D eigenvalue weighted by atomic mass is 35.5. The molecule has 2 aromatic rings. The molecule has 0 radical (unpaired) electrons. The first-order valence-electron chi connectivity index (χ1n) is 9.03. The number of nitrogens with zero attached hydrogens (tertiary/aromatic N) is 2. The molecule has 7 heteroatoms. The number of nitrogen functional groups attached to an aromatic ring is 1. The number of aliphatic hydroxyl groups is 2. The molecule has 2 aliphatic carbocycles. The SMILES string of the molecule is C=CN(C)[C@H]1[C@H](O)[C@H](O)[C@@]2(CCc3cc(F)c4cc(Cl)c(N)nc4c3)C[C@H]12. The molecule has 0 saturated heterocycles. The highest BCUT2D eigenvalue weighted by Crippen LogP contribution is 2.66. The molecule has 0 unspecified atom stereocenters. The molecule has 0 spiro atoms. The average molecular weight is 392 g/mol. The Kier molecular flexibility index (Phi) is 4.33. The van der Waals surface area contributed by atoms with Crippen molar-refractivity contribution < 1.29 is 14.6 Å². The van der Waals surface area contributed by atoms with E-state index < -0.39 is 18.0 Å². The van der Waals surface area contributed by atoms with E-state index in [9.17, 15) is 14.6 Å². The first-order valence-corrected chi connectivity index (χ1v) is 9.41. The third kappa shape index (κ3) is 2.78. The van der Waals surface area contributed by atoms with Gasteiger partial charge in [0.25, 0.3) is 0 Å². The summed E-state index contributed by atoms with van der Waals surface area (Å²) in [5.74, 6) is -0.00684. The summed E-state index contributed by atoms with van der Waals surface area (Å²) in [6.45, 7) is 3.75. The Bertz CT molecular complexity index is 924. The van der Waals surface area contributed by atoms with Gasteiger partial charge in [0.2, 0.25) is 0 Å². The van der Waals surface area contributed by atoms with Crippen molar-refractivity contribution in [3.63, 3.8) is 0 Å². The fourth-order valence-electron chi connectivity index (χ4n) is 4.80. The molecule has 5 atom stereocenters. The second-order valence-electron chi connectivity index (χ2n) is 7.82. The van der Waals surface area contributed by atoms with Crippen LogP contribution in [0.3, 0.4) is 0 Å². The predicted octanol–water partition coefficient (Wildman–Crippen LogP) is 2.73. The van der Waals surface area contributed by atoms with Crippen molar-refractivity contribution in [2.24, 2.45) is 11.3 Å². The fourth-order valence-corrected chi connectivity index (χ4v) is 4.95. The molecule has 5 nitrogen and oxygen atoms in total. The number of aromatic nitrogens is 1. The summed E-state index contributed by atoms with van der Waals surface area (Å²) in [4.78, 5) is 6.05. The standard InChI is InChI=1S/C20H23ClFN3O2/c1-3-25(2)16-12-9-20(12,18(27)17(16)26)5-4-10-6-14(22)11-8-13(21)19(23)24-15(11)7-10/h3,6-8,12,16-18,26-27H,1,4-5,9H2,2H3,(H2,23,24)/t12-,16-,17+,18+,20+/m1/s1. The Morgan fingerprint density at radius 2 is 2.19 bits per heavy atom. The Labute approximate surface area is 162 Å². The van der Waals surface area contributed by atoms with Crippen LogP contribution in [0.15, 0.2) is 31.0 Å². The minimum absolute atomic E-state index is 0.130. The van der Waals surface area contributed by atoms with Crippen LogP contribution in [0, 0.1) is 17.2 Å². The van der Waals surface area contributed by atoms with E-state index in [2.05, 4.69) is 11.6 Å². The van der Waals surface area contributed by atoms with E-state index in [1.807, 2.05) is 18.0 Å². The molecule has 1 heterocycles. The van der Waals surface area contributed by atoms with Gasteiger partial charge in [-0.2, -0.15) is 0 Å². The summed E-state index contributed by atoms with van der Waals surface area (Å²) in [6, 6.07) is 4.65. The van der Waals surface area contributed by atoms with Gasteiger partial charge in [0, 0.05) is 17.8 Å². The van der Waals surface area contributed by atoms with Crippen molar-refractivity contribution in [1.82, 2.24) is 9.88 Å². The molecular weight excluding hydrogens is 369 g/mol. The van der Waals surface area contributed by atoms with Crippen molar-refractivity contribution >= 4 is 28.3 Å². The van der Waals surface area contributed by atoms with E-state index in [4.69, 9.17) is 17.3 Å². The maximum absolute atomic E-state index is 14.5. The van der Waals surface area contributed by atoms with Crippen molar-refractivity contribution in [3.05, 3.63) is 47.4 Å². The van der Waals surface area contributed by atoms with Crippen molar-refractivity contribution in [3.8, 4) is 0 Å². The van der Waals surface area contributed by atoms with E-state index in [0.717, 1.165) is 12.0 Å². The van der Waals surface area contributed by atoms with Crippen LogP contribution in [0.2, 0.25) is 5.02 Å². The molecular formula is C20H23ClFN3O2. The van der Waals surface area contributed by atoms with Gasteiger partial charge in [-0.1, -0.05) is 18.2 Å². The lowest BCUT2D eigenvalue weighted by Crippen LogP contribution is -2.42. The summed E-state index contributed by atoms with van der Waals surface area (Å²) in [5.41, 5.74) is 6.67. The molecule has 2 aliphatic rings. The zero-order valence-electron chi connectivity index (χ0n) is 15.1. The quantitative estimate of drug-likeness (QED) is 0.730. The summed E-state index contributed by atoms with van der Waals surface area (Å²) >= 11 is 5.93. The van der Waals surface area contributed by atoms with Gasteiger partial charge in [-0.15, -0.1) is 0 Å². The number of fused-ring (bicyclic) bond motifs is 2. The molecule has 0 aliphatic heterocycles. The third-order valence-corrected chi connectivity index (χ3v) is 6.72. The maximum Gasteiger partial charge on any atom is 0.142 e. The number of anilines is 1. The van der Waals surface area contributed by atoms with E-state index in [0.29, 0.717) is 23.7 Å². The minimum atomic E-state index is -0.802. The van der Waals surface area contributed by atoms with Crippen LogP contribution >= 0.6 is 11.6 Å². The zero-order valence-corrected chi connectivity index (χ0v) is 15.8. The monoisotopic (exact) mass is 391 g/mol. The number of halogens is 2. The van der Waals surface area contributed by atoms with Gasteiger partial charge in [0.15, 0.2) is 0 Å². The second-order valence-corrected chi connectivity index (χ2v) is 8.22. The normalized spacial score (nSPS) is 31.7. The van der Waals surface area contributed by atoms with Gasteiger partial charge in [-0.05, 0) is 55.1 Å². The van der Waals surface area contributed by atoms with Crippen LogP contribution in [0.4, 0.5) is 10.2 Å². The predicted molar refractivity (Wildman–Crippen MR) is 104 cm³/mol. The average Bonchev–Trinajstić information content (AvgIpc) is 3.31. The maximum atomic E-state index is 14.5. The van der Waals surface area contributed by atoms with Gasteiger partial charge in [0.05, 0.1) is 22.7 Å². The number of rotatable bonds is 5. The number of pyridine rings is 1. The Morgan fingerprint density at radius 3 is 2.89 bits per heavy atom. The zero-order chi connectivity index (χ0) is 19.5. The fraction of sp³-hybridized carbons (Fsp3) is 0.450. The summed E-state index contributed by atoms with van der Waals surface area (Å²) in [5, 5.41) is 21.6. The van der Waals surface area contributed by atoms with E-state index in [-0.39, 0.29) is 28.2 Å². The van der Waals surface area contributed by atoms with Crippen LogP contribution in [0.5, 0.6) is 0 Å². The van der Waals surface area contributed by atoms with Crippen molar-refractivity contribution in [2.75, 3.05) is 12.8 Å². The first kappa shape index (κ1) is 18.5. The van der Waals surface area contributed by atoms with E-state index >= 15 is 0 Å². The topological polar surface area (TPSA) is 82.6 Å². The largest absolute Gasteiger partial charge is 0.390 e. The highest BCUT2D eigenvalue weighted by molar-refractivity contribution is 6.33. The molecule has 0 bridgehead atoms. The smallest absolute Gasteiger partial charge is 0.142 e. The lowest BCUT2D eigenvalue weighted by atomic mass is 9.91. The van der Waals surface area contributed by atoms with Crippen LogP contribution in [-0.2, 0) is 6.42 Å². The number of nitrogens with two attached hydrogens (primary N) is 1. The van der Waals surface area contributed by atoms with Crippen molar-refractivity contribution in [2.45, 2.75) is 37.5 Å². The lowest BCUT2D eigenvalue weighted by Gasteiger charge is -2.29. The third-order valence-electron chi connectivity index (χ3n) is 6.41. The Balaban J connectivity index is 1.56. The number of hydrogen-bond acceptors (Lipinski definition) is 5. The minimum Gasteiger partial charge on any atom is -0.390 e. The molecule has 2 fully saturated rings. The van der Waals surface area contributed by atoms with Crippen LogP contribution in [0.1, 0.15) is 18.4 Å². The number of aliphatic hydroxyl groups excluding tert-OH is 2. The van der Waals surface area contributed by atoms with Gasteiger partial charge >= 0.3 is 0 Å². The van der Waals surface area contributed by atoms with Crippen molar-refractivity contribution in [1.29, 1.82) is 0 Å². The molecule has 4 N–H and O–H groups in total. The molecule has 27 heavy (non-hydrogen) atoms. The Morgan fingerprint density at radius 1 is 1.44 bits per heavy atom. The molecule has 144 valence electrons. The van der Waals surface area contributed by atoms with Gasteiger partial charge in [-0.25, -0.2) is 9.37 Å². The van der Waals surface area contributed by atoms with Gasteiger partial charge in [0.1, 0.15) is 17.7 Å². The summed E-state index contributed by atoms with van der Waals surface area (Å²) in [6.07, 6.45) is 2.20. The van der Waals surface area contributed by atoms with Crippen LogP contribution in [-0.4, -0.2) is 45.4 Å².